The van der Waals surface area contributed by atoms with Gasteiger partial charge in [-0.05, 0) is 58.1 Å². The van der Waals surface area contributed by atoms with Crippen LogP contribution in [0.5, 0.6) is 0 Å². The summed E-state index contributed by atoms with van der Waals surface area (Å²) in [5.41, 5.74) is 7.29. The van der Waals surface area contributed by atoms with Gasteiger partial charge in [0.2, 0.25) is 5.95 Å². The van der Waals surface area contributed by atoms with Gasteiger partial charge in [0.1, 0.15) is 5.82 Å². The minimum absolute atomic E-state index is 0.561. The summed E-state index contributed by atoms with van der Waals surface area (Å²) in [6, 6.07) is 4.96. The SMILES string of the molecule is CCC(CC)N1CCc2c(C)nc(Nc3c(C)cc(C)cc3C)nc21. The summed E-state index contributed by atoms with van der Waals surface area (Å²) in [4.78, 5) is 12.1. The second-order valence-electron chi connectivity index (χ2n) is 7.25. The number of anilines is 3. The van der Waals surface area contributed by atoms with E-state index in [2.05, 4.69) is 63.9 Å². The summed E-state index contributed by atoms with van der Waals surface area (Å²) in [6.45, 7) is 14.1. The van der Waals surface area contributed by atoms with Gasteiger partial charge >= 0.3 is 0 Å². The van der Waals surface area contributed by atoms with Crippen molar-refractivity contribution in [2.45, 2.75) is 66.8 Å². The summed E-state index contributed by atoms with van der Waals surface area (Å²) in [5, 5.41) is 3.48. The smallest absolute Gasteiger partial charge is 0.229 e. The third-order valence-corrected chi connectivity index (χ3v) is 5.36. The van der Waals surface area contributed by atoms with E-state index in [-0.39, 0.29) is 0 Å². The molecule has 2 aromatic rings. The lowest BCUT2D eigenvalue weighted by atomic mass is 10.1. The van der Waals surface area contributed by atoms with E-state index in [4.69, 9.17) is 9.97 Å². The van der Waals surface area contributed by atoms with Crippen LogP contribution in [0.1, 0.15) is 54.6 Å². The lowest BCUT2D eigenvalue weighted by Gasteiger charge is -2.28. The van der Waals surface area contributed by atoms with Gasteiger partial charge in [-0.15, -0.1) is 0 Å². The first kappa shape index (κ1) is 17.7. The number of nitrogens with zero attached hydrogens (tertiary/aromatic N) is 3. The second-order valence-corrected chi connectivity index (χ2v) is 7.25. The van der Waals surface area contributed by atoms with E-state index in [9.17, 15) is 0 Å². The number of hydrogen-bond acceptors (Lipinski definition) is 4. The fraction of sp³-hybridized carbons (Fsp3) is 0.524. The maximum atomic E-state index is 4.92. The van der Waals surface area contributed by atoms with E-state index in [1.165, 1.54) is 22.3 Å². The fourth-order valence-corrected chi connectivity index (χ4v) is 4.08. The fourth-order valence-electron chi connectivity index (χ4n) is 4.08. The molecule has 3 rings (SSSR count). The zero-order valence-corrected chi connectivity index (χ0v) is 16.4. The number of fused-ring (bicyclic) bond motifs is 1. The Morgan fingerprint density at radius 2 is 1.68 bits per heavy atom. The van der Waals surface area contributed by atoms with Gasteiger partial charge in [-0.2, -0.15) is 4.98 Å². The van der Waals surface area contributed by atoms with E-state index in [0.29, 0.717) is 12.0 Å². The molecule has 0 saturated carbocycles. The van der Waals surface area contributed by atoms with Gasteiger partial charge in [0.15, 0.2) is 0 Å². The summed E-state index contributed by atoms with van der Waals surface area (Å²) >= 11 is 0. The molecule has 0 spiro atoms. The molecule has 0 bridgehead atoms. The molecule has 134 valence electrons. The summed E-state index contributed by atoms with van der Waals surface area (Å²) in [5.74, 6) is 1.84. The van der Waals surface area contributed by atoms with Crippen molar-refractivity contribution in [2.24, 2.45) is 0 Å². The number of aryl methyl sites for hydroxylation is 4. The minimum atomic E-state index is 0.561. The first-order valence-corrected chi connectivity index (χ1v) is 9.43. The van der Waals surface area contributed by atoms with Crippen molar-refractivity contribution in [3.8, 4) is 0 Å². The Hall–Kier alpha value is -2.10. The molecule has 25 heavy (non-hydrogen) atoms. The first-order valence-electron chi connectivity index (χ1n) is 9.43. The van der Waals surface area contributed by atoms with Crippen LogP contribution in [-0.2, 0) is 6.42 Å². The molecule has 0 amide bonds. The highest BCUT2D eigenvalue weighted by Gasteiger charge is 2.28. The Labute approximate surface area is 151 Å². The monoisotopic (exact) mass is 338 g/mol. The summed E-state index contributed by atoms with van der Waals surface area (Å²) < 4.78 is 0. The molecule has 1 aliphatic rings. The van der Waals surface area contributed by atoms with Crippen molar-refractivity contribution >= 4 is 17.5 Å². The topological polar surface area (TPSA) is 41.1 Å². The van der Waals surface area contributed by atoms with Crippen LogP contribution in [0.15, 0.2) is 12.1 Å². The molecular formula is C21H30N4. The van der Waals surface area contributed by atoms with Crippen molar-refractivity contribution < 1.29 is 0 Å². The van der Waals surface area contributed by atoms with Gasteiger partial charge in [-0.25, -0.2) is 4.98 Å². The molecule has 4 heteroatoms. The van der Waals surface area contributed by atoms with Crippen LogP contribution >= 0.6 is 0 Å². The Bertz CT molecular complexity index is 755. The number of rotatable bonds is 5. The Balaban J connectivity index is 1.98. The van der Waals surface area contributed by atoms with Crippen LogP contribution in [-0.4, -0.2) is 22.6 Å². The van der Waals surface area contributed by atoms with Crippen LogP contribution in [0.25, 0.3) is 0 Å². The van der Waals surface area contributed by atoms with Crippen molar-refractivity contribution in [2.75, 3.05) is 16.8 Å². The number of aromatic nitrogens is 2. The predicted molar refractivity (Wildman–Crippen MR) is 106 cm³/mol. The quantitative estimate of drug-likeness (QED) is 0.832. The maximum Gasteiger partial charge on any atom is 0.229 e. The van der Waals surface area contributed by atoms with E-state index in [0.717, 1.165) is 43.0 Å². The molecule has 1 aromatic carbocycles. The number of hydrogen-bond donors (Lipinski definition) is 1. The number of benzene rings is 1. The van der Waals surface area contributed by atoms with Gasteiger partial charge in [0.25, 0.3) is 0 Å². The minimum Gasteiger partial charge on any atom is -0.353 e. The highest BCUT2D eigenvalue weighted by Crippen LogP contribution is 2.33. The van der Waals surface area contributed by atoms with Gasteiger partial charge in [0.05, 0.1) is 0 Å². The lowest BCUT2D eigenvalue weighted by Crippen LogP contribution is -2.33. The maximum absolute atomic E-state index is 4.92. The Kier molecular flexibility index (Phi) is 4.98. The lowest BCUT2D eigenvalue weighted by molar-refractivity contribution is 0.567. The average Bonchev–Trinajstić information content (AvgIpc) is 2.97. The predicted octanol–water partition coefficient (Wildman–Crippen LogP) is 5.00. The standard InChI is InChI=1S/C21H30N4/c1-7-17(8-2)25-10-9-18-16(6)22-21(24-20(18)25)23-19-14(4)11-13(3)12-15(19)5/h11-12,17H,7-10H2,1-6H3,(H,22,23,24). The van der Waals surface area contributed by atoms with Crippen molar-refractivity contribution in [3.05, 3.63) is 40.1 Å². The second kappa shape index (κ2) is 7.03. The zero-order valence-electron chi connectivity index (χ0n) is 16.4. The van der Waals surface area contributed by atoms with Crippen LogP contribution in [0, 0.1) is 27.7 Å². The molecule has 0 atom stereocenters. The van der Waals surface area contributed by atoms with Crippen molar-refractivity contribution in [3.63, 3.8) is 0 Å². The molecule has 0 aliphatic carbocycles. The van der Waals surface area contributed by atoms with Gasteiger partial charge in [0, 0.05) is 29.5 Å². The molecule has 0 radical (unpaired) electrons. The average molecular weight is 338 g/mol. The molecule has 1 aromatic heterocycles. The summed E-state index contributed by atoms with van der Waals surface area (Å²) in [6.07, 6.45) is 3.36. The van der Waals surface area contributed by atoms with Crippen molar-refractivity contribution in [1.82, 2.24) is 9.97 Å². The van der Waals surface area contributed by atoms with Crippen LogP contribution < -0.4 is 10.2 Å². The highest BCUT2D eigenvalue weighted by molar-refractivity contribution is 5.66. The van der Waals surface area contributed by atoms with E-state index >= 15 is 0 Å². The molecule has 0 unspecified atom stereocenters. The van der Waals surface area contributed by atoms with E-state index in [1.807, 2.05) is 0 Å². The zero-order chi connectivity index (χ0) is 18.1. The molecular weight excluding hydrogens is 308 g/mol. The largest absolute Gasteiger partial charge is 0.353 e. The third kappa shape index (κ3) is 3.35. The van der Waals surface area contributed by atoms with Crippen LogP contribution in [0.2, 0.25) is 0 Å². The summed E-state index contributed by atoms with van der Waals surface area (Å²) in [7, 11) is 0. The van der Waals surface area contributed by atoms with E-state index < -0.39 is 0 Å². The Morgan fingerprint density at radius 3 is 2.28 bits per heavy atom. The first-order chi connectivity index (χ1) is 11.9. The van der Waals surface area contributed by atoms with Gasteiger partial charge < -0.3 is 10.2 Å². The Morgan fingerprint density at radius 1 is 1.04 bits per heavy atom. The van der Waals surface area contributed by atoms with Crippen LogP contribution in [0.3, 0.4) is 0 Å². The molecule has 1 N–H and O–H groups in total. The van der Waals surface area contributed by atoms with Crippen LogP contribution in [0.4, 0.5) is 17.5 Å². The molecule has 2 heterocycles. The van der Waals surface area contributed by atoms with E-state index in [1.54, 1.807) is 0 Å². The molecule has 0 saturated heterocycles. The van der Waals surface area contributed by atoms with Gasteiger partial charge in [-0.3, -0.25) is 0 Å². The molecule has 4 nitrogen and oxygen atoms in total. The molecule has 0 fully saturated rings. The van der Waals surface area contributed by atoms with Crippen molar-refractivity contribution in [1.29, 1.82) is 0 Å². The molecule has 1 aliphatic heterocycles. The van der Waals surface area contributed by atoms with Gasteiger partial charge in [-0.1, -0.05) is 31.5 Å². The third-order valence-electron chi connectivity index (χ3n) is 5.36. The number of nitrogens with one attached hydrogen (secondary N) is 1. The normalized spacial score (nSPS) is 13.5. The highest BCUT2D eigenvalue weighted by atomic mass is 15.3.